The highest BCUT2D eigenvalue weighted by molar-refractivity contribution is 6.15. The van der Waals surface area contributed by atoms with Gasteiger partial charge >= 0.3 is 0 Å². The third kappa shape index (κ3) is 5.57. The molecule has 0 spiro atoms. The molecule has 9 aromatic carbocycles. The molecule has 0 saturated carbocycles. The molecular formula is C54H36FN3. The lowest BCUT2D eigenvalue weighted by molar-refractivity contribution is 0.628. The predicted molar refractivity (Wildman–Crippen MR) is 241 cm³/mol. The lowest BCUT2D eigenvalue weighted by Crippen LogP contribution is -2.12. The van der Waals surface area contributed by atoms with E-state index in [0.717, 1.165) is 88.7 Å². The van der Waals surface area contributed by atoms with Gasteiger partial charge in [0.2, 0.25) is 0 Å². The Bertz CT molecular complexity index is 3310. The van der Waals surface area contributed by atoms with Gasteiger partial charge < -0.3 is 14.0 Å². The van der Waals surface area contributed by atoms with Crippen LogP contribution in [0.5, 0.6) is 0 Å². The Labute approximate surface area is 335 Å². The van der Waals surface area contributed by atoms with Crippen molar-refractivity contribution in [2.75, 3.05) is 4.90 Å². The maximum Gasteiger partial charge on any atom is 0.125 e. The summed E-state index contributed by atoms with van der Waals surface area (Å²) < 4.78 is 20.1. The van der Waals surface area contributed by atoms with Gasteiger partial charge in [0.15, 0.2) is 0 Å². The second-order valence-electron chi connectivity index (χ2n) is 14.7. The third-order valence-electron chi connectivity index (χ3n) is 11.3. The monoisotopic (exact) mass is 745 g/mol. The zero-order valence-electron chi connectivity index (χ0n) is 31.5. The molecule has 0 amide bonds. The molecule has 3 nitrogen and oxygen atoms in total. The average molecular weight is 746 g/mol. The molecule has 58 heavy (non-hydrogen) atoms. The maximum atomic E-state index is 15.4. The van der Waals surface area contributed by atoms with Gasteiger partial charge in [-0.2, -0.15) is 0 Å². The fourth-order valence-electron chi connectivity index (χ4n) is 8.78. The van der Waals surface area contributed by atoms with Crippen LogP contribution in [-0.2, 0) is 0 Å². The van der Waals surface area contributed by atoms with Crippen molar-refractivity contribution in [2.45, 2.75) is 0 Å². The van der Waals surface area contributed by atoms with Crippen molar-refractivity contribution in [3.8, 4) is 33.6 Å². The normalized spacial score (nSPS) is 11.5. The van der Waals surface area contributed by atoms with Gasteiger partial charge in [0.05, 0.1) is 27.8 Å². The molecule has 274 valence electrons. The number of hydrogen-bond acceptors (Lipinski definition) is 1. The van der Waals surface area contributed by atoms with Crippen LogP contribution in [0.4, 0.5) is 21.5 Å². The van der Waals surface area contributed by atoms with Crippen LogP contribution in [0.15, 0.2) is 218 Å². The van der Waals surface area contributed by atoms with Crippen molar-refractivity contribution in [3.63, 3.8) is 0 Å². The van der Waals surface area contributed by atoms with E-state index in [-0.39, 0.29) is 5.82 Å². The first-order chi connectivity index (χ1) is 28.7. The van der Waals surface area contributed by atoms with Crippen molar-refractivity contribution < 1.29 is 4.39 Å². The van der Waals surface area contributed by atoms with Gasteiger partial charge in [-0.25, -0.2) is 4.39 Å². The second kappa shape index (κ2) is 13.8. The van der Waals surface area contributed by atoms with E-state index in [1.807, 2.05) is 12.1 Å². The number of halogens is 1. The molecule has 0 radical (unpaired) electrons. The summed E-state index contributed by atoms with van der Waals surface area (Å²) in [5.41, 5.74) is 13.8. The van der Waals surface area contributed by atoms with Gasteiger partial charge in [-0.3, -0.25) is 0 Å². The Morgan fingerprint density at radius 3 is 1.50 bits per heavy atom. The summed E-state index contributed by atoms with van der Waals surface area (Å²) >= 11 is 0. The van der Waals surface area contributed by atoms with Crippen LogP contribution < -0.4 is 4.90 Å². The van der Waals surface area contributed by atoms with E-state index in [1.165, 1.54) is 11.6 Å². The molecule has 4 heteroatoms. The number of para-hydroxylation sites is 3. The molecule has 0 atom stereocenters. The quantitative estimate of drug-likeness (QED) is 0.158. The van der Waals surface area contributed by atoms with E-state index < -0.39 is 0 Å². The number of rotatable bonds is 7. The smallest absolute Gasteiger partial charge is 0.125 e. The van der Waals surface area contributed by atoms with Gasteiger partial charge in [0.1, 0.15) is 5.82 Å². The minimum atomic E-state index is -0.290. The Morgan fingerprint density at radius 2 is 0.828 bits per heavy atom. The first-order valence-corrected chi connectivity index (χ1v) is 19.6. The van der Waals surface area contributed by atoms with Crippen molar-refractivity contribution >= 4 is 60.7 Å². The first-order valence-electron chi connectivity index (χ1n) is 19.6. The predicted octanol–water partition coefficient (Wildman–Crippen LogP) is 14.8. The Morgan fingerprint density at radius 1 is 0.328 bits per heavy atom. The van der Waals surface area contributed by atoms with Crippen LogP contribution >= 0.6 is 0 Å². The summed E-state index contributed by atoms with van der Waals surface area (Å²) in [6.07, 6.45) is 0. The summed E-state index contributed by atoms with van der Waals surface area (Å²) in [6.45, 7) is 0. The third-order valence-corrected chi connectivity index (χ3v) is 11.3. The standard InChI is InChI=1S/C54H36FN3/c55-41-21-13-24-44(35-41)56(45-31-32-52-49(36-45)47-26-8-9-28-50(47)57(52)42-22-11-19-39(33-42)37-15-3-1-4-16-37)53-30-14-27-48-46-25-7-10-29-51(46)58(54(48)53)43-23-12-20-40(34-43)38-17-5-2-6-18-38/h1-36H. The molecular weight excluding hydrogens is 710 g/mol. The van der Waals surface area contributed by atoms with Gasteiger partial charge in [0.25, 0.3) is 0 Å². The zero-order valence-corrected chi connectivity index (χ0v) is 31.5. The van der Waals surface area contributed by atoms with Crippen molar-refractivity contribution in [1.82, 2.24) is 9.13 Å². The van der Waals surface area contributed by atoms with Gasteiger partial charge in [-0.1, -0.05) is 140 Å². The minimum Gasteiger partial charge on any atom is -0.309 e. The van der Waals surface area contributed by atoms with Crippen LogP contribution in [0.25, 0.3) is 77.2 Å². The number of nitrogens with zero attached hydrogens (tertiary/aromatic N) is 3. The van der Waals surface area contributed by atoms with E-state index in [9.17, 15) is 0 Å². The van der Waals surface area contributed by atoms with Gasteiger partial charge in [-0.05, 0) is 101 Å². The fourth-order valence-corrected chi connectivity index (χ4v) is 8.78. The van der Waals surface area contributed by atoms with E-state index in [0.29, 0.717) is 0 Å². The van der Waals surface area contributed by atoms with Crippen molar-refractivity contribution in [2.24, 2.45) is 0 Å². The van der Waals surface area contributed by atoms with Crippen LogP contribution in [-0.4, -0.2) is 9.13 Å². The molecule has 11 aromatic rings. The number of hydrogen-bond donors (Lipinski definition) is 0. The molecule has 0 N–H and O–H groups in total. The SMILES string of the molecule is Fc1cccc(N(c2ccc3c(c2)c2ccccc2n3-c2cccc(-c3ccccc3)c2)c2cccc3c4ccccc4n(-c4cccc(-c5ccccc5)c4)c23)c1. The summed E-state index contributed by atoms with van der Waals surface area (Å²) in [7, 11) is 0. The van der Waals surface area contributed by atoms with Crippen LogP contribution in [0.3, 0.4) is 0 Å². The molecule has 0 fully saturated rings. The first kappa shape index (κ1) is 33.6. The molecule has 0 aliphatic heterocycles. The van der Waals surface area contributed by atoms with E-state index >= 15 is 4.39 Å². The van der Waals surface area contributed by atoms with Gasteiger partial charge in [-0.15, -0.1) is 0 Å². The minimum absolute atomic E-state index is 0.290. The number of anilines is 3. The summed E-state index contributed by atoms with van der Waals surface area (Å²) in [6, 6.07) is 75.7. The highest BCUT2D eigenvalue weighted by Crippen LogP contribution is 2.45. The molecule has 11 rings (SSSR count). The zero-order chi connectivity index (χ0) is 38.6. The topological polar surface area (TPSA) is 13.1 Å². The van der Waals surface area contributed by atoms with Crippen LogP contribution in [0.2, 0.25) is 0 Å². The Balaban J connectivity index is 1.16. The van der Waals surface area contributed by atoms with E-state index in [2.05, 4.69) is 202 Å². The molecule has 2 heterocycles. The van der Waals surface area contributed by atoms with Crippen LogP contribution in [0.1, 0.15) is 0 Å². The molecule has 0 aliphatic rings. The largest absolute Gasteiger partial charge is 0.309 e. The Kier molecular flexibility index (Phi) is 8.00. The van der Waals surface area contributed by atoms with Gasteiger partial charge in [0, 0.05) is 44.3 Å². The molecule has 0 aliphatic carbocycles. The van der Waals surface area contributed by atoms with Crippen molar-refractivity contribution in [3.05, 3.63) is 224 Å². The van der Waals surface area contributed by atoms with Crippen molar-refractivity contribution in [1.29, 1.82) is 0 Å². The lowest BCUT2D eigenvalue weighted by atomic mass is 10.1. The maximum absolute atomic E-state index is 15.4. The second-order valence-corrected chi connectivity index (χ2v) is 14.7. The summed E-state index contributed by atoms with van der Waals surface area (Å²) in [5.74, 6) is -0.290. The summed E-state index contributed by atoms with van der Waals surface area (Å²) in [5, 5.41) is 4.53. The Hall–Kier alpha value is -7.69. The highest BCUT2D eigenvalue weighted by atomic mass is 19.1. The molecule has 2 aromatic heterocycles. The lowest BCUT2D eigenvalue weighted by Gasteiger charge is -2.27. The average Bonchev–Trinajstić information content (AvgIpc) is 3.81. The number of aromatic nitrogens is 2. The number of benzene rings is 9. The molecule has 0 bridgehead atoms. The molecule has 0 unspecified atom stereocenters. The fraction of sp³-hybridized carbons (Fsp3) is 0. The summed E-state index contributed by atoms with van der Waals surface area (Å²) in [4.78, 5) is 2.21. The van der Waals surface area contributed by atoms with E-state index in [4.69, 9.17) is 0 Å². The molecule has 0 saturated heterocycles. The highest BCUT2D eigenvalue weighted by Gasteiger charge is 2.23. The van der Waals surface area contributed by atoms with Crippen LogP contribution in [0, 0.1) is 5.82 Å². The van der Waals surface area contributed by atoms with E-state index in [1.54, 1.807) is 12.1 Å². The number of fused-ring (bicyclic) bond motifs is 6.